The number of rotatable bonds is 5. The maximum absolute atomic E-state index is 13.5. The van der Waals surface area contributed by atoms with E-state index in [0.29, 0.717) is 53.2 Å². The number of carbonyl (C=O) groups excluding carboxylic acids is 2. The average molecular weight is 569 g/mol. The second-order valence-electron chi connectivity index (χ2n) is 10.7. The molecule has 1 unspecified atom stereocenters. The minimum absolute atomic E-state index is 0.0407. The fraction of sp³-hybridized carbons (Fsp3) is 0.379. The van der Waals surface area contributed by atoms with Gasteiger partial charge in [0.15, 0.2) is 9.84 Å². The lowest BCUT2D eigenvalue weighted by Gasteiger charge is -2.36. The summed E-state index contributed by atoms with van der Waals surface area (Å²) in [7, 11) is -3.67. The Kier molecular flexibility index (Phi) is 7.35. The number of alkyl halides is 1. The van der Waals surface area contributed by atoms with E-state index in [2.05, 4.69) is 29.5 Å². The van der Waals surface area contributed by atoms with Crippen LogP contribution in [0.4, 0.5) is 5.69 Å². The van der Waals surface area contributed by atoms with E-state index in [9.17, 15) is 18.0 Å². The van der Waals surface area contributed by atoms with Crippen molar-refractivity contribution in [2.75, 3.05) is 24.2 Å². The number of hydrogen-bond acceptors (Lipinski definition) is 5. The van der Waals surface area contributed by atoms with Crippen LogP contribution in [0.1, 0.15) is 53.1 Å². The number of anilines is 1. The van der Waals surface area contributed by atoms with Crippen LogP contribution < -0.4 is 10.6 Å². The van der Waals surface area contributed by atoms with Gasteiger partial charge in [-0.2, -0.15) is 0 Å². The van der Waals surface area contributed by atoms with E-state index in [0.717, 1.165) is 11.3 Å². The molecule has 1 aromatic heterocycles. The van der Waals surface area contributed by atoms with Crippen molar-refractivity contribution >= 4 is 50.6 Å². The Morgan fingerprint density at radius 1 is 1.18 bits per heavy atom. The highest BCUT2D eigenvalue weighted by atomic mass is 35.5. The number of nitrogens with zero attached hydrogens (tertiary/aromatic N) is 1. The van der Waals surface area contributed by atoms with Crippen LogP contribution in [0.2, 0.25) is 0 Å². The maximum atomic E-state index is 13.5. The predicted octanol–water partition coefficient (Wildman–Crippen LogP) is 4.21. The molecule has 39 heavy (non-hydrogen) atoms. The van der Waals surface area contributed by atoms with Crippen LogP contribution in [0.25, 0.3) is 11.6 Å². The minimum Gasteiger partial charge on any atom is -0.358 e. The first kappa shape index (κ1) is 27.4. The molecule has 1 fully saturated rings. The fourth-order valence-corrected chi connectivity index (χ4v) is 7.28. The summed E-state index contributed by atoms with van der Waals surface area (Å²) in [5, 5.41) is 6.04. The van der Waals surface area contributed by atoms with Crippen molar-refractivity contribution < 1.29 is 18.0 Å². The van der Waals surface area contributed by atoms with Gasteiger partial charge in [-0.3, -0.25) is 9.59 Å². The molecular formula is C29H33ClN4O4S. The Morgan fingerprint density at radius 3 is 2.59 bits per heavy atom. The van der Waals surface area contributed by atoms with E-state index in [1.165, 1.54) is 6.07 Å². The second kappa shape index (κ2) is 10.4. The van der Waals surface area contributed by atoms with Gasteiger partial charge in [0.1, 0.15) is 0 Å². The smallest absolute Gasteiger partial charge is 0.256 e. The number of carbonyl (C=O) groups is 2. The van der Waals surface area contributed by atoms with Crippen molar-refractivity contribution in [1.29, 1.82) is 0 Å². The van der Waals surface area contributed by atoms with E-state index in [4.69, 9.17) is 11.6 Å². The number of aromatic amines is 1. The standard InChI is InChI=1S/C29H33ClN4O4S/c1-16-13-34(14-17(2)31-16)29(36)27-18(3)26(32-19(27)4)12-24-23-11-22(8-9-25(23)33-28(24)35)39(37,38)15-20-6-5-7-21(30)10-20/h5-6,8-12,16-17,21,31-32H,7,13-15H2,1-4H3,(H,33,35)/t16-,17+,21?. The summed E-state index contributed by atoms with van der Waals surface area (Å²) in [4.78, 5) is 31.7. The molecule has 2 aromatic rings. The van der Waals surface area contributed by atoms with Crippen LogP contribution in [-0.4, -0.2) is 66.4 Å². The quantitative estimate of drug-likeness (QED) is 0.369. The van der Waals surface area contributed by atoms with Crippen LogP contribution in [0.3, 0.4) is 0 Å². The maximum Gasteiger partial charge on any atom is 0.256 e. The zero-order valence-corrected chi connectivity index (χ0v) is 24.0. The highest BCUT2D eigenvalue weighted by Crippen LogP contribution is 2.36. The number of nitrogens with one attached hydrogen (secondary N) is 3. The van der Waals surface area contributed by atoms with E-state index >= 15 is 0 Å². The molecular weight excluding hydrogens is 536 g/mol. The monoisotopic (exact) mass is 568 g/mol. The van der Waals surface area contributed by atoms with Crippen molar-refractivity contribution in [1.82, 2.24) is 15.2 Å². The number of benzene rings is 1. The lowest BCUT2D eigenvalue weighted by atomic mass is 10.0. The van der Waals surface area contributed by atoms with Crippen LogP contribution in [0.15, 0.2) is 46.9 Å². The first-order valence-electron chi connectivity index (χ1n) is 13.1. The number of H-pyrrole nitrogens is 1. The number of fused-ring (bicyclic) bond motifs is 1. The third-order valence-electron chi connectivity index (χ3n) is 7.40. The number of hydrogen-bond donors (Lipinski definition) is 3. The zero-order valence-electron chi connectivity index (χ0n) is 22.5. The van der Waals surface area contributed by atoms with Gasteiger partial charge in [-0.15, -0.1) is 11.6 Å². The molecule has 0 bridgehead atoms. The van der Waals surface area contributed by atoms with Gasteiger partial charge in [-0.1, -0.05) is 18.2 Å². The van der Waals surface area contributed by atoms with Gasteiger partial charge in [-0.05, 0) is 69.5 Å². The van der Waals surface area contributed by atoms with Crippen molar-refractivity contribution in [3.63, 3.8) is 0 Å². The fourth-order valence-electron chi connectivity index (χ4n) is 5.64. The molecule has 3 atom stereocenters. The van der Waals surface area contributed by atoms with E-state index < -0.39 is 9.84 Å². The molecule has 0 saturated carbocycles. The Hall–Kier alpha value is -3.14. The van der Waals surface area contributed by atoms with Crippen molar-refractivity contribution in [2.24, 2.45) is 0 Å². The van der Waals surface area contributed by atoms with Crippen molar-refractivity contribution in [3.8, 4) is 0 Å². The molecule has 1 saturated heterocycles. The van der Waals surface area contributed by atoms with Gasteiger partial charge in [0.05, 0.1) is 27.2 Å². The van der Waals surface area contributed by atoms with E-state index in [-0.39, 0.29) is 39.9 Å². The lowest BCUT2D eigenvalue weighted by molar-refractivity contribution is -0.110. The first-order valence-corrected chi connectivity index (χ1v) is 15.2. The summed E-state index contributed by atoms with van der Waals surface area (Å²) in [5.41, 5.74) is 4.76. The molecule has 2 amide bonds. The van der Waals surface area contributed by atoms with Gasteiger partial charge in [0.25, 0.3) is 11.8 Å². The minimum atomic E-state index is -3.67. The molecule has 8 nitrogen and oxygen atoms in total. The average Bonchev–Trinajstić information content (AvgIpc) is 3.31. The van der Waals surface area contributed by atoms with Gasteiger partial charge in [-0.25, -0.2) is 8.42 Å². The van der Waals surface area contributed by atoms with Gasteiger partial charge in [0, 0.05) is 47.8 Å². The van der Waals surface area contributed by atoms with Crippen molar-refractivity contribution in [3.05, 3.63) is 70.1 Å². The number of sulfone groups is 1. The van der Waals surface area contributed by atoms with Crippen LogP contribution in [-0.2, 0) is 14.6 Å². The normalized spacial score (nSPS) is 24.1. The predicted molar refractivity (Wildman–Crippen MR) is 155 cm³/mol. The largest absolute Gasteiger partial charge is 0.358 e. The van der Waals surface area contributed by atoms with Crippen molar-refractivity contribution in [2.45, 2.75) is 56.5 Å². The highest BCUT2D eigenvalue weighted by Gasteiger charge is 2.31. The van der Waals surface area contributed by atoms with Gasteiger partial charge < -0.3 is 20.5 Å². The van der Waals surface area contributed by atoms with E-state index in [1.807, 2.05) is 24.8 Å². The molecule has 5 rings (SSSR count). The van der Waals surface area contributed by atoms with Crippen LogP contribution >= 0.6 is 11.6 Å². The molecule has 2 aliphatic heterocycles. The summed E-state index contributed by atoms with van der Waals surface area (Å²) in [5.74, 6) is -0.539. The summed E-state index contributed by atoms with van der Waals surface area (Å²) in [6, 6.07) is 5.07. The highest BCUT2D eigenvalue weighted by molar-refractivity contribution is 7.91. The second-order valence-corrected chi connectivity index (χ2v) is 13.3. The molecule has 0 spiro atoms. The van der Waals surface area contributed by atoms with Gasteiger partial charge in [0.2, 0.25) is 0 Å². The van der Waals surface area contributed by atoms with Gasteiger partial charge >= 0.3 is 0 Å². The number of aryl methyl sites for hydroxylation is 1. The Bertz CT molecular complexity index is 1540. The number of aromatic nitrogens is 1. The number of allylic oxidation sites excluding steroid dienone is 3. The summed E-state index contributed by atoms with van der Waals surface area (Å²) < 4.78 is 26.5. The Balaban J connectivity index is 1.46. The lowest BCUT2D eigenvalue weighted by Crippen LogP contribution is -2.55. The third kappa shape index (κ3) is 5.48. The summed E-state index contributed by atoms with van der Waals surface area (Å²) in [6.07, 6.45) is 7.79. The van der Waals surface area contributed by atoms with Crippen LogP contribution in [0.5, 0.6) is 0 Å². The van der Waals surface area contributed by atoms with E-state index in [1.54, 1.807) is 30.4 Å². The van der Waals surface area contributed by atoms with Crippen LogP contribution in [0, 0.1) is 13.8 Å². The molecule has 10 heteroatoms. The molecule has 206 valence electrons. The summed E-state index contributed by atoms with van der Waals surface area (Å²) in [6.45, 7) is 9.08. The molecule has 3 heterocycles. The number of halogens is 1. The molecule has 3 aliphatic rings. The topological polar surface area (TPSA) is 111 Å². The number of piperazine rings is 1. The SMILES string of the molecule is Cc1[nH]c(C=C2C(=O)Nc3ccc(S(=O)(=O)CC4=CC(Cl)CC=C4)cc32)c(C)c1C(=O)N1C[C@@H](C)N[C@@H](C)C1. The molecule has 1 aliphatic carbocycles. The zero-order chi connectivity index (χ0) is 28.1. The molecule has 0 radical (unpaired) electrons. The molecule has 3 N–H and O–H groups in total. The first-order chi connectivity index (χ1) is 18.4. The Morgan fingerprint density at radius 2 is 1.90 bits per heavy atom. The molecule has 1 aromatic carbocycles. The number of amides is 2. The third-order valence-corrected chi connectivity index (χ3v) is 9.39. The summed E-state index contributed by atoms with van der Waals surface area (Å²) >= 11 is 6.17. The Labute approximate surface area is 234 Å².